The molecule has 1 aromatic heterocycles. The van der Waals surface area contributed by atoms with Gasteiger partial charge < -0.3 is 15.4 Å². The summed E-state index contributed by atoms with van der Waals surface area (Å²) < 4.78 is 5.60. The third-order valence-electron chi connectivity index (χ3n) is 3.86. The lowest BCUT2D eigenvalue weighted by Crippen LogP contribution is -2.27. The molecule has 2 rings (SSSR count). The van der Waals surface area contributed by atoms with Gasteiger partial charge in [0.15, 0.2) is 0 Å². The highest BCUT2D eigenvalue weighted by Gasteiger charge is 2.21. The monoisotopic (exact) mass is 293 g/mol. The minimum Gasteiger partial charge on any atom is -0.461 e. The molecule has 0 spiro atoms. The maximum absolute atomic E-state index is 5.60. The van der Waals surface area contributed by atoms with Gasteiger partial charge in [0.25, 0.3) is 0 Å². The van der Waals surface area contributed by atoms with Gasteiger partial charge in [-0.15, -0.1) is 0 Å². The molecular weight excluding hydrogens is 266 g/mol. The summed E-state index contributed by atoms with van der Waals surface area (Å²) in [6, 6.07) is 0.791. The fraction of sp³-hybridized carbons (Fsp3) is 0.800. The number of anilines is 2. The van der Waals surface area contributed by atoms with Gasteiger partial charge in [0.05, 0.1) is 6.10 Å². The highest BCUT2D eigenvalue weighted by atomic mass is 16.5. The smallest absolute Gasteiger partial charge is 0.323 e. The van der Waals surface area contributed by atoms with Crippen molar-refractivity contribution >= 4 is 11.9 Å². The first-order chi connectivity index (χ1) is 10.1. The Morgan fingerprint density at radius 2 is 1.76 bits per heavy atom. The summed E-state index contributed by atoms with van der Waals surface area (Å²) in [5.74, 6) is 1.77. The Labute approximate surface area is 127 Å². The van der Waals surface area contributed by atoms with Crippen molar-refractivity contribution in [2.24, 2.45) is 5.92 Å². The van der Waals surface area contributed by atoms with Crippen molar-refractivity contribution in [3.63, 3.8) is 0 Å². The van der Waals surface area contributed by atoms with Crippen LogP contribution in [0.15, 0.2) is 0 Å². The molecule has 2 N–H and O–H groups in total. The van der Waals surface area contributed by atoms with E-state index >= 15 is 0 Å². The second-order valence-corrected chi connectivity index (χ2v) is 6.05. The number of hydrogen-bond acceptors (Lipinski definition) is 6. The van der Waals surface area contributed by atoms with Crippen molar-refractivity contribution in [2.45, 2.75) is 65.0 Å². The normalized spacial score (nSPS) is 22.7. The topological polar surface area (TPSA) is 72.0 Å². The highest BCUT2D eigenvalue weighted by molar-refractivity contribution is 5.36. The van der Waals surface area contributed by atoms with Gasteiger partial charge in [-0.3, -0.25) is 0 Å². The van der Waals surface area contributed by atoms with Crippen molar-refractivity contribution < 1.29 is 4.74 Å². The lowest BCUT2D eigenvalue weighted by Gasteiger charge is -2.23. The minimum absolute atomic E-state index is 0.0433. The van der Waals surface area contributed by atoms with E-state index in [1.165, 1.54) is 32.1 Å². The van der Waals surface area contributed by atoms with Crippen LogP contribution in [0.2, 0.25) is 0 Å². The van der Waals surface area contributed by atoms with Crippen LogP contribution in [0.4, 0.5) is 11.9 Å². The molecule has 0 aliphatic heterocycles. The van der Waals surface area contributed by atoms with Crippen LogP contribution in [0.1, 0.15) is 52.9 Å². The molecule has 0 bridgehead atoms. The molecule has 0 aromatic carbocycles. The molecule has 2 unspecified atom stereocenters. The Balaban J connectivity index is 2.13. The lowest BCUT2D eigenvalue weighted by molar-refractivity contribution is 0.222. The molecule has 1 heterocycles. The van der Waals surface area contributed by atoms with E-state index < -0.39 is 0 Å². The number of nitrogens with zero attached hydrogens (tertiary/aromatic N) is 3. The van der Waals surface area contributed by atoms with Crippen molar-refractivity contribution in [1.29, 1.82) is 0 Å². The zero-order valence-electron chi connectivity index (χ0n) is 13.5. The van der Waals surface area contributed by atoms with Gasteiger partial charge in [-0.1, -0.05) is 26.2 Å². The molecule has 0 amide bonds. The Hall–Kier alpha value is -1.59. The predicted molar refractivity (Wildman–Crippen MR) is 84.8 cm³/mol. The predicted octanol–water partition coefficient (Wildman–Crippen LogP) is 3.08. The van der Waals surface area contributed by atoms with Crippen LogP contribution in [0.3, 0.4) is 0 Å². The fourth-order valence-corrected chi connectivity index (χ4v) is 2.67. The average molecular weight is 293 g/mol. The fourth-order valence-electron chi connectivity index (χ4n) is 2.67. The Kier molecular flexibility index (Phi) is 5.59. The summed E-state index contributed by atoms with van der Waals surface area (Å²) in [5, 5.41) is 6.44. The van der Waals surface area contributed by atoms with Gasteiger partial charge in [0, 0.05) is 13.1 Å². The molecule has 1 aromatic rings. The summed E-state index contributed by atoms with van der Waals surface area (Å²) in [7, 11) is 1.80. The standard InChI is InChI=1S/C15H27N5O/c1-10(2)21-15-19-13(16-4)18-14(20-15)17-12-9-7-5-6-8-11(12)3/h10-12H,5-9H2,1-4H3,(H2,16,17,18,19,20). The van der Waals surface area contributed by atoms with E-state index in [1.54, 1.807) is 7.05 Å². The Morgan fingerprint density at radius 3 is 2.48 bits per heavy atom. The van der Waals surface area contributed by atoms with Gasteiger partial charge in [-0.05, 0) is 32.6 Å². The summed E-state index contributed by atoms with van der Waals surface area (Å²) in [6.07, 6.45) is 6.38. The lowest BCUT2D eigenvalue weighted by atomic mass is 9.97. The second-order valence-electron chi connectivity index (χ2n) is 6.05. The van der Waals surface area contributed by atoms with Crippen molar-refractivity contribution in [1.82, 2.24) is 15.0 Å². The third kappa shape index (κ3) is 4.72. The van der Waals surface area contributed by atoms with E-state index in [9.17, 15) is 0 Å². The SMILES string of the molecule is CNc1nc(NC2CCCCCC2C)nc(OC(C)C)n1. The number of nitrogens with one attached hydrogen (secondary N) is 2. The van der Waals surface area contributed by atoms with E-state index in [1.807, 2.05) is 13.8 Å². The van der Waals surface area contributed by atoms with Gasteiger partial charge in [0.1, 0.15) is 0 Å². The first-order valence-corrected chi connectivity index (χ1v) is 7.95. The van der Waals surface area contributed by atoms with Crippen molar-refractivity contribution in [2.75, 3.05) is 17.7 Å². The number of rotatable bonds is 5. The Morgan fingerprint density at radius 1 is 1.05 bits per heavy atom. The first-order valence-electron chi connectivity index (χ1n) is 7.95. The van der Waals surface area contributed by atoms with Crippen LogP contribution in [-0.4, -0.2) is 34.1 Å². The molecule has 118 valence electrons. The molecule has 0 saturated heterocycles. The van der Waals surface area contributed by atoms with E-state index in [4.69, 9.17) is 4.74 Å². The van der Waals surface area contributed by atoms with Gasteiger partial charge in [-0.2, -0.15) is 15.0 Å². The van der Waals surface area contributed by atoms with E-state index in [-0.39, 0.29) is 6.10 Å². The molecule has 2 atom stereocenters. The molecule has 0 radical (unpaired) electrons. The minimum atomic E-state index is 0.0433. The summed E-state index contributed by atoms with van der Waals surface area (Å²) in [4.78, 5) is 13.0. The van der Waals surface area contributed by atoms with Crippen LogP contribution < -0.4 is 15.4 Å². The van der Waals surface area contributed by atoms with E-state index in [2.05, 4.69) is 32.5 Å². The third-order valence-corrected chi connectivity index (χ3v) is 3.86. The largest absolute Gasteiger partial charge is 0.461 e. The molecule has 21 heavy (non-hydrogen) atoms. The molecule has 6 nitrogen and oxygen atoms in total. The number of aromatic nitrogens is 3. The van der Waals surface area contributed by atoms with Crippen LogP contribution in [0.25, 0.3) is 0 Å². The average Bonchev–Trinajstić information content (AvgIpc) is 2.63. The van der Waals surface area contributed by atoms with Gasteiger partial charge >= 0.3 is 6.01 Å². The van der Waals surface area contributed by atoms with Crippen LogP contribution >= 0.6 is 0 Å². The van der Waals surface area contributed by atoms with Crippen molar-refractivity contribution in [3.8, 4) is 6.01 Å². The Bertz CT molecular complexity index is 452. The van der Waals surface area contributed by atoms with Crippen LogP contribution in [-0.2, 0) is 0 Å². The maximum atomic E-state index is 5.60. The quantitative estimate of drug-likeness (QED) is 0.813. The van der Waals surface area contributed by atoms with Gasteiger partial charge in [0.2, 0.25) is 11.9 Å². The van der Waals surface area contributed by atoms with Crippen LogP contribution in [0.5, 0.6) is 6.01 Å². The number of hydrogen-bond donors (Lipinski definition) is 2. The molecule has 6 heteroatoms. The number of ether oxygens (including phenoxy) is 1. The van der Waals surface area contributed by atoms with E-state index in [0.717, 1.165) is 0 Å². The maximum Gasteiger partial charge on any atom is 0.323 e. The zero-order chi connectivity index (χ0) is 15.2. The summed E-state index contributed by atoms with van der Waals surface area (Å²) in [5.41, 5.74) is 0. The van der Waals surface area contributed by atoms with Crippen LogP contribution in [0, 0.1) is 5.92 Å². The van der Waals surface area contributed by atoms with Gasteiger partial charge in [-0.25, -0.2) is 0 Å². The molecule has 1 saturated carbocycles. The molecular formula is C15H27N5O. The highest BCUT2D eigenvalue weighted by Crippen LogP contribution is 2.25. The van der Waals surface area contributed by atoms with E-state index in [0.29, 0.717) is 29.9 Å². The summed E-state index contributed by atoms with van der Waals surface area (Å²) in [6.45, 7) is 6.22. The van der Waals surface area contributed by atoms with Crippen molar-refractivity contribution in [3.05, 3.63) is 0 Å². The first kappa shape index (κ1) is 15.8. The second kappa shape index (κ2) is 7.43. The summed E-state index contributed by atoms with van der Waals surface area (Å²) >= 11 is 0. The zero-order valence-corrected chi connectivity index (χ0v) is 13.5. The molecule has 1 fully saturated rings. The molecule has 1 aliphatic rings. The molecule has 1 aliphatic carbocycles.